The smallest absolute Gasteiger partial charge is 0.240 e. The van der Waals surface area contributed by atoms with Gasteiger partial charge in [0.25, 0.3) is 0 Å². The van der Waals surface area contributed by atoms with E-state index in [1.165, 1.54) is 0 Å². The van der Waals surface area contributed by atoms with Crippen LogP contribution in [0.5, 0.6) is 0 Å². The first-order chi connectivity index (χ1) is 7.49. The van der Waals surface area contributed by atoms with Gasteiger partial charge in [-0.1, -0.05) is 0 Å². The first-order valence-corrected chi connectivity index (χ1v) is 7.02. The van der Waals surface area contributed by atoms with Crippen molar-refractivity contribution in [2.45, 2.75) is 31.8 Å². The summed E-state index contributed by atoms with van der Waals surface area (Å²) in [6.07, 6.45) is 2.77. The normalized spacial score (nSPS) is 21.9. The van der Waals surface area contributed by atoms with Crippen molar-refractivity contribution in [3.63, 3.8) is 0 Å². The monoisotopic (exact) mass is 246 g/mol. The lowest BCUT2D eigenvalue weighted by Gasteiger charge is -2.43. The van der Waals surface area contributed by atoms with Crippen molar-refractivity contribution >= 4 is 17.7 Å². The topological polar surface area (TPSA) is 55.6 Å². The second-order valence-electron chi connectivity index (χ2n) is 4.74. The van der Waals surface area contributed by atoms with Gasteiger partial charge < -0.3 is 15.4 Å². The molecule has 1 saturated heterocycles. The highest BCUT2D eigenvalue weighted by molar-refractivity contribution is 7.98. The molecule has 0 bridgehead atoms. The number of thioether (sulfide) groups is 1. The molecule has 1 amide bonds. The summed E-state index contributed by atoms with van der Waals surface area (Å²) in [6.45, 7) is 5.90. The van der Waals surface area contributed by atoms with Crippen molar-refractivity contribution < 1.29 is 9.53 Å². The maximum Gasteiger partial charge on any atom is 0.240 e. The average molecular weight is 246 g/mol. The van der Waals surface area contributed by atoms with Crippen molar-refractivity contribution in [3.8, 4) is 0 Å². The third kappa shape index (κ3) is 3.37. The number of carbonyl (C=O) groups is 1. The summed E-state index contributed by atoms with van der Waals surface area (Å²) in [6, 6.07) is -0.371. The summed E-state index contributed by atoms with van der Waals surface area (Å²) in [5.41, 5.74) is 5.68. The highest BCUT2D eigenvalue weighted by Crippen LogP contribution is 2.20. The number of hydrogen-bond donors (Lipinski definition) is 1. The molecular weight excluding hydrogens is 224 g/mol. The number of rotatable bonds is 4. The van der Waals surface area contributed by atoms with Crippen molar-refractivity contribution in [1.82, 2.24) is 4.90 Å². The maximum absolute atomic E-state index is 12.2. The van der Waals surface area contributed by atoms with Crippen LogP contribution in [-0.4, -0.2) is 54.2 Å². The summed E-state index contributed by atoms with van der Waals surface area (Å²) in [5, 5.41) is 0. The van der Waals surface area contributed by atoms with Gasteiger partial charge in [0.05, 0.1) is 24.8 Å². The molecule has 0 aliphatic carbocycles. The fraction of sp³-hybridized carbons (Fsp3) is 0.909. The van der Waals surface area contributed by atoms with Gasteiger partial charge in [0.2, 0.25) is 5.91 Å². The van der Waals surface area contributed by atoms with Crippen LogP contribution in [0.1, 0.15) is 20.3 Å². The number of nitrogens with zero attached hydrogens (tertiary/aromatic N) is 1. The summed E-state index contributed by atoms with van der Waals surface area (Å²) in [5.74, 6) is 0.986. The van der Waals surface area contributed by atoms with Crippen LogP contribution in [0.2, 0.25) is 0 Å². The van der Waals surface area contributed by atoms with Gasteiger partial charge in [-0.05, 0) is 32.3 Å². The van der Waals surface area contributed by atoms with Crippen LogP contribution in [-0.2, 0) is 9.53 Å². The molecular formula is C11H22N2O2S. The van der Waals surface area contributed by atoms with E-state index in [1.807, 2.05) is 25.0 Å². The minimum Gasteiger partial charge on any atom is -0.377 e. The van der Waals surface area contributed by atoms with Gasteiger partial charge in [-0.15, -0.1) is 0 Å². The molecule has 1 aliphatic heterocycles. The zero-order valence-electron chi connectivity index (χ0n) is 10.4. The van der Waals surface area contributed by atoms with Crippen LogP contribution in [0.25, 0.3) is 0 Å². The van der Waals surface area contributed by atoms with Crippen molar-refractivity contribution in [2.24, 2.45) is 5.73 Å². The van der Waals surface area contributed by atoms with Crippen LogP contribution in [0, 0.1) is 0 Å². The van der Waals surface area contributed by atoms with Gasteiger partial charge in [0.15, 0.2) is 0 Å². The molecule has 1 atom stereocenters. The SMILES string of the molecule is CSCCC(N)C(=O)N1CCOCC1(C)C. The predicted molar refractivity (Wildman–Crippen MR) is 67.6 cm³/mol. The van der Waals surface area contributed by atoms with E-state index >= 15 is 0 Å². The van der Waals surface area contributed by atoms with Gasteiger partial charge in [0.1, 0.15) is 0 Å². The molecule has 16 heavy (non-hydrogen) atoms. The minimum absolute atomic E-state index is 0.0577. The van der Waals surface area contributed by atoms with Crippen molar-refractivity contribution in [3.05, 3.63) is 0 Å². The molecule has 0 aromatic carbocycles. The number of hydrogen-bond acceptors (Lipinski definition) is 4. The zero-order valence-corrected chi connectivity index (χ0v) is 11.2. The van der Waals surface area contributed by atoms with Crippen molar-refractivity contribution in [1.29, 1.82) is 0 Å². The first kappa shape index (κ1) is 13.8. The van der Waals surface area contributed by atoms with Crippen LogP contribution < -0.4 is 5.73 Å². The largest absolute Gasteiger partial charge is 0.377 e. The summed E-state index contributed by atoms with van der Waals surface area (Å²) >= 11 is 1.72. The molecule has 0 spiro atoms. The molecule has 1 heterocycles. The summed E-state index contributed by atoms with van der Waals surface area (Å²) in [4.78, 5) is 14.0. The number of morpholine rings is 1. The molecule has 1 fully saturated rings. The molecule has 0 aromatic heterocycles. The lowest BCUT2D eigenvalue weighted by Crippen LogP contribution is -2.59. The van der Waals surface area contributed by atoms with Crippen molar-refractivity contribution in [2.75, 3.05) is 31.8 Å². The number of carbonyl (C=O) groups excluding carboxylic acids is 1. The second kappa shape index (κ2) is 5.89. The molecule has 0 saturated carbocycles. The first-order valence-electron chi connectivity index (χ1n) is 5.63. The van der Waals surface area contributed by atoms with E-state index in [0.29, 0.717) is 19.8 Å². The van der Waals surface area contributed by atoms with Gasteiger partial charge in [0, 0.05) is 6.54 Å². The van der Waals surface area contributed by atoms with E-state index in [-0.39, 0.29) is 17.5 Å². The van der Waals surface area contributed by atoms with Gasteiger partial charge >= 0.3 is 0 Å². The lowest BCUT2D eigenvalue weighted by atomic mass is 10.0. The number of nitrogens with two attached hydrogens (primary N) is 1. The Morgan fingerprint density at radius 3 is 2.88 bits per heavy atom. The van der Waals surface area contributed by atoms with Crippen LogP contribution in [0.15, 0.2) is 0 Å². The van der Waals surface area contributed by atoms with E-state index in [2.05, 4.69) is 0 Å². The Morgan fingerprint density at radius 1 is 1.62 bits per heavy atom. The fourth-order valence-electron chi connectivity index (χ4n) is 1.84. The van der Waals surface area contributed by atoms with Gasteiger partial charge in [-0.3, -0.25) is 4.79 Å². The highest BCUT2D eigenvalue weighted by Gasteiger charge is 2.35. The van der Waals surface area contributed by atoms with E-state index in [0.717, 1.165) is 12.2 Å². The Bertz CT molecular complexity index is 246. The Labute approximate surface area is 102 Å². The molecule has 5 heteroatoms. The van der Waals surface area contributed by atoms with E-state index in [4.69, 9.17) is 10.5 Å². The average Bonchev–Trinajstić information content (AvgIpc) is 2.24. The maximum atomic E-state index is 12.2. The number of ether oxygens (including phenoxy) is 1. The summed E-state index contributed by atoms with van der Waals surface area (Å²) in [7, 11) is 0. The van der Waals surface area contributed by atoms with E-state index in [9.17, 15) is 4.79 Å². The third-order valence-corrected chi connectivity index (χ3v) is 3.51. The number of amides is 1. The molecule has 1 aliphatic rings. The third-order valence-electron chi connectivity index (χ3n) is 2.86. The second-order valence-corrected chi connectivity index (χ2v) is 5.73. The molecule has 1 unspecified atom stereocenters. The highest BCUT2D eigenvalue weighted by atomic mass is 32.2. The van der Waals surface area contributed by atoms with Crippen LogP contribution >= 0.6 is 11.8 Å². The molecule has 94 valence electrons. The van der Waals surface area contributed by atoms with Crippen LogP contribution in [0.3, 0.4) is 0 Å². The minimum atomic E-state index is -0.371. The Balaban J connectivity index is 2.57. The van der Waals surface area contributed by atoms with Gasteiger partial charge in [-0.2, -0.15) is 11.8 Å². The molecule has 4 nitrogen and oxygen atoms in total. The lowest BCUT2D eigenvalue weighted by molar-refractivity contribution is -0.147. The quantitative estimate of drug-likeness (QED) is 0.793. The predicted octanol–water partition coefficient (Wildman–Crippen LogP) is 0.704. The Kier molecular flexibility index (Phi) is 5.08. The fourth-order valence-corrected chi connectivity index (χ4v) is 2.32. The molecule has 0 radical (unpaired) electrons. The van der Waals surface area contributed by atoms with E-state index < -0.39 is 0 Å². The van der Waals surface area contributed by atoms with Gasteiger partial charge in [-0.25, -0.2) is 0 Å². The van der Waals surface area contributed by atoms with E-state index in [1.54, 1.807) is 11.8 Å². The standard InChI is InChI=1S/C11H22N2O2S/c1-11(2)8-15-6-5-13(11)10(14)9(12)4-7-16-3/h9H,4-8,12H2,1-3H3. The summed E-state index contributed by atoms with van der Waals surface area (Å²) < 4.78 is 5.39. The molecule has 2 N–H and O–H groups in total. The molecule has 1 rings (SSSR count). The molecule has 0 aromatic rings. The Hall–Kier alpha value is -0.260. The Morgan fingerprint density at radius 2 is 2.31 bits per heavy atom. The van der Waals surface area contributed by atoms with Crippen LogP contribution in [0.4, 0.5) is 0 Å². The zero-order chi connectivity index (χ0) is 12.2.